The maximum absolute atomic E-state index is 5.52. The van der Waals surface area contributed by atoms with Crippen LogP contribution >= 0.6 is 0 Å². The average Bonchev–Trinajstić information content (AvgIpc) is 2.80. The number of aromatic amines is 1. The van der Waals surface area contributed by atoms with Crippen molar-refractivity contribution in [3.05, 3.63) is 47.5 Å². The Morgan fingerprint density at radius 1 is 1.29 bits per heavy atom. The zero-order valence-electron chi connectivity index (χ0n) is 9.94. The largest absolute Gasteiger partial charge is 0.494 e. The van der Waals surface area contributed by atoms with E-state index in [0.29, 0.717) is 13.2 Å². The SMILES string of the molecule is CCOc1ccc(Cc2ncc(CN)[nH]2)cc1. The number of hydrogen-bond donors (Lipinski definition) is 2. The molecule has 0 aliphatic carbocycles. The van der Waals surface area contributed by atoms with Gasteiger partial charge < -0.3 is 15.5 Å². The van der Waals surface area contributed by atoms with Gasteiger partial charge in [-0.25, -0.2) is 4.98 Å². The van der Waals surface area contributed by atoms with Gasteiger partial charge in [0.25, 0.3) is 0 Å². The van der Waals surface area contributed by atoms with Gasteiger partial charge in [-0.2, -0.15) is 0 Å². The molecule has 0 atom stereocenters. The summed E-state index contributed by atoms with van der Waals surface area (Å²) in [6.07, 6.45) is 2.57. The van der Waals surface area contributed by atoms with Crippen molar-refractivity contribution in [1.29, 1.82) is 0 Å². The van der Waals surface area contributed by atoms with E-state index in [0.717, 1.165) is 23.7 Å². The van der Waals surface area contributed by atoms with E-state index in [4.69, 9.17) is 10.5 Å². The third-order valence-corrected chi connectivity index (χ3v) is 2.51. The zero-order chi connectivity index (χ0) is 12.1. The number of H-pyrrole nitrogens is 1. The highest BCUT2D eigenvalue weighted by Gasteiger charge is 2.01. The molecule has 2 aromatic rings. The third-order valence-electron chi connectivity index (χ3n) is 2.51. The topological polar surface area (TPSA) is 63.9 Å². The highest BCUT2D eigenvalue weighted by molar-refractivity contribution is 5.29. The normalized spacial score (nSPS) is 10.5. The number of ether oxygens (including phenoxy) is 1. The van der Waals surface area contributed by atoms with E-state index in [9.17, 15) is 0 Å². The average molecular weight is 231 g/mol. The van der Waals surface area contributed by atoms with Crippen LogP contribution in [0, 0.1) is 0 Å². The lowest BCUT2D eigenvalue weighted by Crippen LogP contribution is -1.97. The van der Waals surface area contributed by atoms with Gasteiger partial charge in [0.15, 0.2) is 0 Å². The molecule has 0 aliphatic heterocycles. The van der Waals surface area contributed by atoms with Gasteiger partial charge in [-0.1, -0.05) is 12.1 Å². The van der Waals surface area contributed by atoms with Crippen molar-refractivity contribution in [3.8, 4) is 5.75 Å². The lowest BCUT2D eigenvalue weighted by molar-refractivity contribution is 0.340. The maximum Gasteiger partial charge on any atom is 0.119 e. The standard InChI is InChI=1S/C13H17N3O/c1-2-17-12-5-3-10(4-6-12)7-13-15-9-11(8-14)16-13/h3-6,9H,2,7-8,14H2,1H3,(H,15,16). The number of aromatic nitrogens is 2. The molecule has 4 heteroatoms. The molecule has 0 unspecified atom stereocenters. The quantitative estimate of drug-likeness (QED) is 0.825. The predicted molar refractivity (Wildman–Crippen MR) is 66.9 cm³/mol. The Bertz CT molecular complexity index is 462. The van der Waals surface area contributed by atoms with Gasteiger partial charge >= 0.3 is 0 Å². The molecule has 1 aromatic heterocycles. The van der Waals surface area contributed by atoms with Gasteiger partial charge in [-0.05, 0) is 24.6 Å². The number of hydrogen-bond acceptors (Lipinski definition) is 3. The van der Waals surface area contributed by atoms with Gasteiger partial charge in [-0.15, -0.1) is 0 Å². The third kappa shape index (κ3) is 3.07. The van der Waals surface area contributed by atoms with Gasteiger partial charge in [0, 0.05) is 24.9 Å². The fraction of sp³-hybridized carbons (Fsp3) is 0.308. The number of benzene rings is 1. The van der Waals surface area contributed by atoms with Crippen LogP contribution < -0.4 is 10.5 Å². The first-order chi connectivity index (χ1) is 8.31. The van der Waals surface area contributed by atoms with Gasteiger partial charge in [0.2, 0.25) is 0 Å². The molecular formula is C13H17N3O. The van der Waals surface area contributed by atoms with Crippen LogP contribution in [0.3, 0.4) is 0 Å². The fourth-order valence-electron chi connectivity index (χ4n) is 1.66. The van der Waals surface area contributed by atoms with Crippen molar-refractivity contribution >= 4 is 0 Å². The highest BCUT2D eigenvalue weighted by Crippen LogP contribution is 2.14. The highest BCUT2D eigenvalue weighted by atomic mass is 16.5. The molecule has 0 radical (unpaired) electrons. The van der Waals surface area contributed by atoms with Gasteiger partial charge in [0.1, 0.15) is 11.6 Å². The number of imidazole rings is 1. The van der Waals surface area contributed by atoms with Crippen LogP contribution in [0.4, 0.5) is 0 Å². The molecule has 0 spiro atoms. The van der Waals surface area contributed by atoms with Crippen molar-refractivity contribution in [2.75, 3.05) is 6.61 Å². The van der Waals surface area contributed by atoms with Crippen molar-refractivity contribution in [1.82, 2.24) is 9.97 Å². The lowest BCUT2D eigenvalue weighted by atomic mass is 10.1. The predicted octanol–water partition coefficient (Wildman–Crippen LogP) is 1.86. The van der Waals surface area contributed by atoms with Crippen molar-refractivity contribution in [2.45, 2.75) is 19.9 Å². The Hall–Kier alpha value is -1.81. The Balaban J connectivity index is 2.03. The minimum absolute atomic E-state index is 0.496. The molecule has 4 nitrogen and oxygen atoms in total. The number of rotatable bonds is 5. The number of nitrogens with two attached hydrogens (primary N) is 1. The summed E-state index contributed by atoms with van der Waals surface area (Å²) in [6.45, 7) is 3.17. The van der Waals surface area contributed by atoms with Gasteiger partial charge in [0.05, 0.1) is 6.61 Å². The van der Waals surface area contributed by atoms with E-state index in [-0.39, 0.29) is 0 Å². The Kier molecular flexibility index (Phi) is 3.77. The first-order valence-corrected chi connectivity index (χ1v) is 5.76. The molecule has 0 fully saturated rings. The van der Waals surface area contributed by atoms with E-state index < -0.39 is 0 Å². The first-order valence-electron chi connectivity index (χ1n) is 5.76. The Labute approximate surface area is 101 Å². The van der Waals surface area contributed by atoms with Crippen molar-refractivity contribution in [2.24, 2.45) is 5.73 Å². The molecule has 0 amide bonds. The van der Waals surface area contributed by atoms with Crippen molar-refractivity contribution in [3.63, 3.8) is 0 Å². The molecule has 1 heterocycles. The van der Waals surface area contributed by atoms with Crippen molar-refractivity contribution < 1.29 is 4.74 Å². The summed E-state index contributed by atoms with van der Waals surface area (Å²) in [5.74, 6) is 1.84. The van der Waals surface area contributed by atoms with Crippen LogP contribution in [0.2, 0.25) is 0 Å². The minimum Gasteiger partial charge on any atom is -0.494 e. The first kappa shape index (κ1) is 11.7. The molecule has 1 aromatic carbocycles. The van der Waals surface area contributed by atoms with Crippen LogP contribution in [-0.4, -0.2) is 16.6 Å². The molecule has 2 rings (SSSR count). The fourth-order valence-corrected chi connectivity index (χ4v) is 1.66. The molecule has 3 N–H and O–H groups in total. The smallest absolute Gasteiger partial charge is 0.119 e. The van der Waals surface area contributed by atoms with E-state index in [1.54, 1.807) is 6.20 Å². The summed E-state index contributed by atoms with van der Waals surface area (Å²) in [6, 6.07) is 8.06. The second-order valence-corrected chi connectivity index (χ2v) is 3.81. The van der Waals surface area contributed by atoms with Gasteiger partial charge in [-0.3, -0.25) is 0 Å². The van der Waals surface area contributed by atoms with Crippen LogP contribution in [-0.2, 0) is 13.0 Å². The summed E-state index contributed by atoms with van der Waals surface area (Å²) in [4.78, 5) is 7.46. The lowest BCUT2D eigenvalue weighted by Gasteiger charge is -2.03. The number of nitrogens with zero attached hydrogens (tertiary/aromatic N) is 1. The number of nitrogens with one attached hydrogen (secondary N) is 1. The molecular weight excluding hydrogens is 214 g/mol. The summed E-state index contributed by atoms with van der Waals surface area (Å²) >= 11 is 0. The maximum atomic E-state index is 5.52. The summed E-state index contributed by atoms with van der Waals surface area (Å²) in [5.41, 5.74) is 7.69. The second kappa shape index (κ2) is 5.50. The summed E-state index contributed by atoms with van der Waals surface area (Å²) in [5, 5.41) is 0. The van der Waals surface area contributed by atoms with E-state index in [2.05, 4.69) is 22.1 Å². The molecule has 0 saturated carbocycles. The van der Waals surface area contributed by atoms with E-state index in [1.165, 1.54) is 5.56 Å². The summed E-state index contributed by atoms with van der Waals surface area (Å²) in [7, 11) is 0. The molecule has 17 heavy (non-hydrogen) atoms. The van der Waals surface area contributed by atoms with Crippen LogP contribution in [0.1, 0.15) is 24.0 Å². The van der Waals surface area contributed by atoms with Crippen LogP contribution in [0.15, 0.2) is 30.5 Å². The molecule has 0 saturated heterocycles. The molecule has 0 bridgehead atoms. The Morgan fingerprint density at radius 2 is 2.06 bits per heavy atom. The molecule has 90 valence electrons. The van der Waals surface area contributed by atoms with Crippen LogP contribution in [0.25, 0.3) is 0 Å². The van der Waals surface area contributed by atoms with E-state index in [1.807, 2.05) is 19.1 Å². The molecule has 0 aliphatic rings. The monoisotopic (exact) mass is 231 g/mol. The zero-order valence-corrected chi connectivity index (χ0v) is 9.94. The second-order valence-electron chi connectivity index (χ2n) is 3.81. The summed E-state index contributed by atoms with van der Waals surface area (Å²) < 4.78 is 5.39. The van der Waals surface area contributed by atoms with E-state index >= 15 is 0 Å². The minimum atomic E-state index is 0.496. The van der Waals surface area contributed by atoms with Crippen LogP contribution in [0.5, 0.6) is 5.75 Å². The Morgan fingerprint density at radius 3 is 2.65 bits per heavy atom.